The first kappa shape index (κ1) is 21.4. The molecule has 0 radical (unpaired) electrons. The number of aliphatic imine (C=N–C) groups is 1. The van der Waals surface area contributed by atoms with E-state index in [4.69, 9.17) is 9.26 Å². The molecule has 25 heavy (non-hydrogen) atoms. The van der Waals surface area contributed by atoms with Crippen LogP contribution in [0.5, 0.6) is 0 Å². The van der Waals surface area contributed by atoms with Crippen LogP contribution in [0.4, 0.5) is 0 Å². The van der Waals surface area contributed by atoms with Crippen LogP contribution in [-0.2, 0) is 11.3 Å². The Bertz CT molecular complexity index is 617. The number of ether oxygens (including phenoxy) is 1. The van der Waals surface area contributed by atoms with E-state index in [1.165, 1.54) is 0 Å². The molecule has 0 amide bonds. The summed E-state index contributed by atoms with van der Waals surface area (Å²) in [5.41, 5.74) is 1.86. The van der Waals surface area contributed by atoms with Crippen molar-refractivity contribution in [3.05, 3.63) is 42.1 Å². The van der Waals surface area contributed by atoms with Crippen LogP contribution in [0.1, 0.15) is 25.5 Å². The first-order valence-electron chi connectivity index (χ1n) is 8.36. The molecule has 0 saturated carbocycles. The molecule has 0 bridgehead atoms. The molecule has 6 nitrogen and oxygen atoms in total. The van der Waals surface area contributed by atoms with Gasteiger partial charge in [-0.25, -0.2) is 0 Å². The van der Waals surface area contributed by atoms with Crippen LogP contribution in [0.2, 0.25) is 0 Å². The van der Waals surface area contributed by atoms with Crippen LogP contribution in [0, 0.1) is 0 Å². The van der Waals surface area contributed by atoms with E-state index < -0.39 is 0 Å². The number of nitrogens with one attached hydrogen (secondary N) is 2. The largest absolute Gasteiger partial charge is 0.382 e. The van der Waals surface area contributed by atoms with Gasteiger partial charge in [0, 0.05) is 38.4 Å². The van der Waals surface area contributed by atoms with E-state index in [1.54, 1.807) is 7.05 Å². The normalized spacial score (nSPS) is 11.0. The fraction of sp³-hybridized carbons (Fsp3) is 0.444. The van der Waals surface area contributed by atoms with Gasteiger partial charge in [-0.15, -0.1) is 24.0 Å². The Morgan fingerprint density at radius 1 is 1.20 bits per heavy atom. The maximum Gasteiger partial charge on any atom is 0.191 e. The Hall–Kier alpha value is -1.61. The summed E-state index contributed by atoms with van der Waals surface area (Å²) in [4.78, 5) is 4.21. The molecular weight excluding hydrogens is 431 g/mol. The molecule has 1 aromatic heterocycles. The van der Waals surface area contributed by atoms with Crippen molar-refractivity contribution in [2.45, 2.75) is 26.3 Å². The molecule has 0 spiro atoms. The van der Waals surface area contributed by atoms with Crippen LogP contribution in [0.3, 0.4) is 0 Å². The summed E-state index contributed by atoms with van der Waals surface area (Å²) in [6.45, 7) is 5.03. The number of nitrogens with zero attached hydrogens (tertiary/aromatic N) is 2. The molecular formula is C18H27IN4O2. The molecule has 1 heterocycles. The zero-order valence-electron chi connectivity index (χ0n) is 14.8. The van der Waals surface area contributed by atoms with Gasteiger partial charge in [0.05, 0.1) is 6.54 Å². The van der Waals surface area contributed by atoms with E-state index in [2.05, 4.69) is 20.8 Å². The predicted molar refractivity (Wildman–Crippen MR) is 111 cm³/mol. The quantitative estimate of drug-likeness (QED) is 0.261. The molecule has 0 aliphatic carbocycles. The molecule has 0 aliphatic heterocycles. The lowest BCUT2D eigenvalue weighted by Crippen LogP contribution is -2.37. The van der Waals surface area contributed by atoms with E-state index in [-0.39, 0.29) is 24.0 Å². The van der Waals surface area contributed by atoms with E-state index in [9.17, 15) is 0 Å². The maximum atomic E-state index is 5.39. The third kappa shape index (κ3) is 7.87. The second kappa shape index (κ2) is 12.7. The molecule has 2 rings (SSSR count). The van der Waals surface area contributed by atoms with Gasteiger partial charge in [-0.05, 0) is 19.8 Å². The first-order chi connectivity index (χ1) is 11.8. The number of hydrogen-bond donors (Lipinski definition) is 2. The number of hydrogen-bond acceptors (Lipinski definition) is 4. The minimum atomic E-state index is 0. The number of unbranched alkanes of at least 4 members (excludes halogenated alkanes) is 1. The van der Waals surface area contributed by atoms with E-state index in [0.29, 0.717) is 6.54 Å². The highest BCUT2D eigenvalue weighted by Crippen LogP contribution is 2.19. The number of aromatic nitrogens is 1. The molecule has 0 aliphatic rings. The topological polar surface area (TPSA) is 71.7 Å². The van der Waals surface area contributed by atoms with Crippen molar-refractivity contribution in [3.8, 4) is 11.3 Å². The second-order valence-corrected chi connectivity index (χ2v) is 5.31. The van der Waals surface area contributed by atoms with Gasteiger partial charge in [-0.1, -0.05) is 35.5 Å². The highest BCUT2D eigenvalue weighted by atomic mass is 127. The SMILES string of the molecule is CCOCCCCNC(=NC)NCc1cc(-c2ccccc2)on1.I. The predicted octanol–water partition coefficient (Wildman–Crippen LogP) is 3.44. The lowest BCUT2D eigenvalue weighted by atomic mass is 10.2. The van der Waals surface area contributed by atoms with Crippen molar-refractivity contribution in [2.75, 3.05) is 26.8 Å². The minimum absolute atomic E-state index is 0. The van der Waals surface area contributed by atoms with Gasteiger partial charge in [-0.3, -0.25) is 4.99 Å². The molecule has 2 N–H and O–H groups in total. The van der Waals surface area contributed by atoms with Crippen LogP contribution in [-0.4, -0.2) is 37.9 Å². The van der Waals surface area contributed by atoms with Crippen LogP contribution in [0.15, 0.2) is 45.9 Å². The van der Waals surface area contributed by atoms with Crippen LogP contribution in [0.25, 0.3) is 11.3 Å². The number of benzene rings is 1. The summed E-state index contributed by atoms with van der Waals surface area (Å²) >= 11 is 0. The molecule has 0 atom stereocenters. The van der Waals surface area contributed by atoms with Gasteiger partial charge in [0.15, 0.2) is 11.7 Å². The first-order valence-corrected chi connectivity index (χ1v) is 8.36. The number of halogens is 1. The molecule has 138 valence electrons. The Morgan fingerprint density at radius 3 is 2.72 bits per heavy atom. The molecule has 7 heteroatoms. The minimum Gasteiger partial charge on any atom is -0.382 e. The standard InChI is InChI=1S/C18H26N4O2.HI/c1-3-23-12-8-7-11-20-18(19-2)21-14-16-13-17(24-22-16)15-9-5-4-6-10-15;/h4-6,9-10,13H,3,7-8,11-12,14H2,1-2H3,(H2,19,20,21);1H. The van der Waals surface area contributed by atoms with Gasteiger partial charge < -0.3 is 19.9 Å². The van der Waals surface area contributed by atoms with E-state index >= 15 is 0 Å². The van der Waals surface area contributed by atoms with Gasteiger partial charge in [-0.2, -0.15) is 0 Å². The zero-order valence-corrected chi connectivity index (χ0v) is 17.2. The summed E-state index contributed by atoms with van der Waals surface area (Å²) < 4.78 is 10.7. The van der Waals surface area contributed by atoms with Crippen molar-refractivity contribution in [1.82, 2.24) is 15.8 Å². The summed E-state index contributed by atoms with van der Waals surface area (Å²) in [7, 11) is 1.76. The zero-order chi connectivity index (χ0) is 17.0. The fourth-order valence-electron chi connectivity index (χ4n) is 2.21. The Labute approximate surface area is 166 Å². The van der Waals surface area contributed by atoms with Gasteiger partial charge in [0.1, 0.15) is 5.69 Å². The highest BCUT2D eigenvalue weighted by molar-refractivity contribution is 14.0. The van der Waals surface area contributed by atoms with Gasteiger partial charge in [0.2, 0.25) is 0 Å². The lowest BCUT2D eigenvalue weighted by molar-refractivity contribution is 0.143. The lowest BCUT2D eigenvalue weighted by Gasteiger charge is -2.10. The molecule has 2 aromatic rings. The average molecular weight is 458 g/mol. The van der Waals surface area contributed by atoms with E-state index in [1.807, 2.05) is 43.3 Å². The Balaban J connectivity index is 0.00000312. The summed E-state index contributed by atoms with van der Waals surface area (Å²) in [5, 5.41) is 10.6. The molecule has 1 aromatic carbocycles. The van der Waals surface area contributed by atoms with Gasteiger partial charge >= 0.3 is 0 Å². The van der Waals surface area contributed by atoms with Crippen molar-refractivity contribution in [1.29, 1.82) is 0 Å². The Morgan fingerprint density at radius 2 is 2.00 bits per heavy atom. The number of rotatable bonds is 9. The third-order valence-electron chi connectivity index (χ3n) is 3.49. The molecule has 0 unspecified atom stereocenters. The molecule has 0 fully saturated rings. The van der Waals surface area contributed by atoms with Crippen molar-refractivity contribution < 1.29 is 9.26 Å². The fourth-order valence-corrected chi connectivity index (χ4v) is 2.21. The van der Waals surface area contributed by atoms with Crippen molar-refractivity contribution in [3.63, 3.8) is 0 Å². The van der Waals surface area contributed by atoms with Crippen molar-refractivity contribution >= 4 is 29.9 Å². The summed E-state index contributed by atoms with van der Waals surface area (Å²) in [5.74, 6) is 1.53. The monoisotopic (exact) mass is 458 g/mol. The maximum absolute atomic E-state index is 5.39. The number of guanidine groups is 1. The molecule has 0 saturated heterocycles. The second-order valence-electron chi connectivity index (χ2n) is 5.31. The summed E-state index contributed by atoms with van der Waals surface area (Å²) in [6, 6.07) is 11.9. The highest BCUT2D eigenvalue weighted by Gasteiger charge is 2.06. The van der Waals surface area contributed by atoms with Crippen LogP contribution < -0.4 is 10.6 Å². The summed E-state index contributed by atoms with van der Waals surface area (Å²) in [6.07, 6.45) is 2.09. The van der Waals surface area contributed by atoms with Gasteiger partial charge in [0.25, 0.3) is 0 Å². The third-order valence-corrected chi connectivity index (χ3v) is 3.49. The van der Waals surface area contributed by atoms with E-state index in [0.717, 1.165) is 55.6 Å². The Kier molecular flexibility index (Phi) is 10.9. The smallest absolute Gasteiger partial charge is 0.191 e. The van der Waals surface area contributed by atoms with Crippen molar-refractivity contribution in [2.24, 2.45) is 4.99 Å². The average Bonchev–Trinajstić information content (AvgIpc) is 3.10. The van der Waals surface area contributed by atoms with Crippen LogP contribution >= 0.6 is 24.0 Å².